The summed E-state index contributed by atoms with van der Waals surface area (Å²) in [6.07, 6.45) is 3.82. The lowest BCUT2D eigenvalue weighted by Crippen LogP contribution is -2.65. The second-order valence-corrected chi connectivity index (χ2v) is 20.9. The maximum absolute atomic E-state index is 12.9. The van der Waals surface area contributed by atoms with Gasteiger partial charge in [0.15, 0.2) is 0 Å². The van der Waals surface area contributed by atoms with Crippen LogP contribution in [-0.4, -0.2) is 104 Å². The van der Waals surface area contributed by atoms with Crippen LogP contribution in [0.5, 0.6) is 11.8 Å². The van der Waals surface area contributed by atoms with Crippen molar-refractivity contribution in [3.8, 4) is 11.8 Å². The van der Waals surface area contributed by atoms with E-state index < -0.39 is 8.32 Å². The lowest BCUT2D eigenvalue weighted by Gasteiger charge is -2.44. The van der Waals surface area contributed by atoms with E-state index in [9.17, 15) is 4.80 Å². The van der Waals surface area contributed by atoms with E-state index in [1.54, 1.807) is 7.11 Å². The van der Waals surface area contributed by atoms with Crippen molar-refractivity contribution in [2.75, 3.05) is 65.4 Å². The van der Waals surface area contributed by atoms with Gasteiger partial charge in [0, 0.05) is 64.0 Å². The zero-order valence-electron chi connectivity index (χ0n) is 35.2. The van der Waals surface area contributed by atoms with Crippen LogP contribution in [-0.2, 0) is 26.1 Å². The summed E-state index contributed by atoms with van der Waals surface area (Å²) in [6.45, 7) is 12.1. The van der Waals surface area contributed by atoms with Gasteiger partial charge < -0.3 is 24.1 Å². The predicted molar refractivity (Wildman–Crippen MR) is 238 cm³/mol. The van der Waals surface area contributed by atoms with Crippen molar-refractivity contribution < 1.29 is 14.3 Å². The molecule has 1 N–H and O–H groups in total. The number of anilines is 1. The van der Waals surface area contributed by atoms with Crippen molar-refractivity contribution in [1.82, 2.24) is 24.7 Å². The van der Waals surface area contributed by atoms with Gasteiger partial charge in [0.25, 0.3) is 8.32 Å². The third-order valence-electron chi connectivity index (χ3n) is 12.3. The molecule has 306 valence electrons. The van der Waals surface area contributed by atoms with Crippen LogP contribution < -0.4 is 24.7 Å². The van der Waals surface area contributed by atoms with Gasteiger partial charge in [0.05, 0.1) is 12.8 Å². The Balaban J connectivity index is 1.15. The van der Waals surface area contributed by atoms with E-state index >= 15 is 0 Å². The molecule has 1 saturated heterocycles. The molecule has 1 aromatic heterocycles. The first kappa shape index (κ1) is 41.6. The van der Waals surface area contributed by atoms with Crippen LogP contribution in [0.1, 0.15) is 55.5 Å². The molecule has 0 amide bonds. The summed E-state index contributed by atoms with van der Waals surface area (Å²) in [6, 6.07) is 40.8. The summed E-state index contributed by atoms with van der Waals surface area (Å²) in [5.41, 5.74) is 4.94. The van der Waals surface area contributed by atoms with E-state index in [2.05, 4.69) is 151 Å². The summed E-state index contributed by atoms with van der Waals surface area (Å²) < 4.78 is 11.8. The molecule has 58 heavy (non-hydrogen) atoms. The van der Waals surface area contributed by atoms with Gasteiger partial charge in [-0.3, -0.25) is 9.80 Å². The Bertz CT molecular complexity index is 1990. The second-order valence-electron chi connectivity index (χ2n) is 17.0. The van der Waals surface area contributed by atoms with Gasteiger partial charge in [0.1, 0.15) is 18.2 Å². The Morgan fingerprint density at radius 2 is 1.43 bits per heavy atom. The van der Waals surface area contributed by atoms with Crippen LogP contribution in [0, 0.1) is 0 Å². The molecule has 2 aliphatic heterocycles. The fourth-order valence-electron chi connectivity index (χ4n) is 8.87. The minimum atomic E-state index is -3.11. The molecule has 0 aliphatic carbocycles. The highest BCUT2D eigenvalue weighted by Crippen LogP contribution is 2.41. The van der Waals surface area contributed by atoms with Gasteiger partial charge in [-0.25, -0.2) is 0 Å². The zero-order chi connectivity index (χ0) is 40.5. The standard InChI is InChI=1S/C48H62N6O3Si/c1-48(2,58(55,42-19-11-7-12-20-42)43-21-13-8-14-22-43)28-15-18-40-36-54(31-30-53(40)35-39-23-25-41(56-5)26-24-39)46-44-27-29-52(34-38-16-9-6-10-17-38)37-45(44)49-47(50-46)57-33-32-51(3)4/h6-14,16-17,19-26,40,55H,15,18,27-37H2,1-5H3. The van der Waals surface area contributed by atoms with E-state index in [0.717, 1.165) is 106 Å². The normalized spacial score (nSPS) is 16.7. The Morgan fingerprint density at radius 3 is 2.07 bits per heavy atom. The number of hydrogen-bond donors (Lipinski definition) is 1. The Labute approximate surface area is 347 Å². The van der Waals surface area contributed by atoms with Crippen molar-refractivity contribution in [3.05, 3.63) is 138 Å². The Morgan fingerprint density at radius 1 is 0.793 bits per heavy atom. The van der Waals surface area contributed by atoms with Gasteiger partial charge in [-0.1, -0.05) is 123 Å². The monoisotopic (exact) mass is 798 g/mol. The molecule has 10 heteroatoms. The van der Waals surface area contributed by atoms with Crippen LogP contribution in [0.3, 0.4) is 0 Å². The molecule has 0 radical (unpaired) electrons. The number of aromatic nitrogens is 2. The molecule has 1 atom stereocenters. The topological polar surface area (TPSA) is 77.4 Å². The molecule has 4 aromatic carbocycles. The number of fused-ring (bicyclic) bond motifs is 1. The average Bonchev–Trinajstić information content (AvgIpc) is 3.24. The number of rotatable bonds is 17. The first-order valence-corrected chi connectivity index (χ1v) is 23.0. The summed E-state index contributed by atoms with van der Waals surface area (Å²) in [7, 11) is 2.72. The molecule has 3 heterocycles. The molecular weight excluding hydrogens is 737 g/mol. The van der Waals surface area contributed by atoms with Gasteiger partial charge >= 0.3 is 6.01 Å². The molecule has 7 rings (SSSR count). The van der Waals surface area contributed by atoms with Crippen LogP contribution >= 0.6 is 0 Å². The molecule has 1 fully saturated rings. The van der Waals surface area contributed by atoms with Crippen molar-refractivity contribution in [1.29, 1.82) is 0 Å². The minimum absolute atomic E-state index is 0.289. The van der Waals surface area contributed by atoms with Gasteiger partial charge in [-0.2, -0.15) is 9.97 Å². The van der Waals surface area contributed by atoms with Gasteiger partial charge in [-0.15, -0.1) is 0 Å². The van der Waals surface area contributed by atoms with Crippen molar-refractivity contribution in [3.63, 3.8) is 0 Å². The summed E-state index contributed by atoms with van der Waals surface area (Å²) in [4.78, 5) is 32.9. The van der Waals surface area contributed by atoms with Gasteiger partial charge in [-0.05, 0) is 72.0 Å². The molecule has 2 aliphatic rings. The number of nitrogens with zero attached hydrogens (tertiary/aromatic N) is 6. The lowest BCUT2D eigenvalue weighted by atomic mass is 9.98. The number of hydrogen-bond acceptors (Lipinski definition) is 9. The molecule has 0 spiro atoms. The fourth-order valence-corrected chi connectivity index (χ4v) is 12.6. The van der Waals surface area contributed by atoms with Gasteiger partial charge in [0.2, 0.25) is 0 Å². The van der Waals surface area contributed by atoms with Crippen LogP contribution in [0.4, 0.5) is 5.82 Å². The number of methoxy groups -OCH3 is 1. The largest absolute Gasteiger partial charge is 0.497 e. The smallest absolute Gasteiger partial charge is 0.318 e. The number of benzene rings is 4. The Hall–Kier alpha value is -4.58. The summed E-state index contributed by atoms with van der Waals surface area (Å²) in [5.74, 6) is 1.91. The SMILES string of the molecule is COc1ccc(CN2CCN(c3nc(OCCN(C)C)nc4c3CCN(Cc3ccccc3)C4)CC2CCCC(C)(C)[Si](O)(c2ccccc2)c2ccccc2)cc1. The quantitative estimate of drug-likeness (QED) is 0.108. The van der Waals surface area contributed by atoms with E-state index in [1.165, 1.54) is 16.7 Å². The third-order valence-corrected chi connectivity index (χ3v) is 16.8. The maximum Gasteiger partial charge on any atom is 0.318 e. The molecule has 9 nitrogen and oxygen atoms in total. The Kier molecular flexibility index (Phi) is 13.6. The van der Waals surface area contributed by atoms with Crippen LogP contribution in [0.15, 0.2) is 115 Å². The summed E-state index contributed by atoms with van der Waals surface area (Å²) in [5, 5.41) is 1.83. The van der Waals surface area contributed by atoms with Crippen LogP contribution in [0.2, 0.25) is 5.04 Å². The average molecular weight is 799 g/mol. The van der Waals surface area contributed by atoms with Crippen molar-refractivity contribution in [2.45, 2.75) is 70.2 Å². The van der Waals surface area contributed by atoms with E-state index in [-0.39, 0.29) is 11.1 Å². The minimum Gasteiger partial charge on any atom is -0.497 e. The first-order valence-electron chi connectivity index (χ1n) is 21.0. The van der Waals surface area contributed by atoms with E-state index in [0.29, 0.717) is 12.6 Å². The molecule has 0 saturated carbocycles. The highest BCUT2D eigenvalue weighted by Gasteiger charge is 2.49. The number of likely N-dealkylation sites (N-methyl/N-ethyl adjacent to an activating group) is 1. The van der Waals surface area contributed by atoms with Crippen molar-refractivity contribution in [2.24, 2.45) is 0 Å². The molecule has 0 bridgehead atoms. The number of piperazine rings is 1. The van der Waals surface area contributed by atoms with Crippen molar-refractivity contribution >= 4 is 24.5 Å². The highest BCUT2D eigenvalue weighted by atomic mass is 28.4. The zero-order valence-corrected chi connectivity index (χ0v) is 36.2. The lowest BCUT2D eigenvalue weighted by molar-refractivity contribution is 0.154. The van der Waals surface area contributed by atoms with E-state index in [1.807, 2.05) is 12.1 Å². The second kappa shape index (κ2) is 19.0. The fraction of sp³-hybridized carbons (Fsp3) is 0.417. The molecular formula is C48H62N6O3Si. The summed E-state index contributed by atoms with van der Waals surface area (Å²) >= 11 is 0. The number of ether oxygens (including phenoxy) is 2. The van der Waals surface area contributed by atoms with E-state index in [4.69, 9.17) is 19.4 Å². The predicted octanol–water partition coefficient (Wildman–Crippen LogP) is 6.38. The molecule has 5 aromatic rings. The maximum atomic E-state index is 12.9. The third kappa shape index (κ3) is 9.81. The van der Waals surface area contributed by atoms with Crippen LogP contribution in [0.25, 0.3) is 0 Å². The first-order chi connectivity index (χ1) is 28.1. The molecule has 1 unspecified atom stereocenters. The highest BCUT2D eigenvalue weighted by molar-refractivity contribution is 6.98.